The zero-order valence-corrected chi connectivity index (χ0v) is 9.57. The van der Waals surface area contributed by atoms with Gasteiger partial charge in [-0.3, -0.25) is 9.59 Å². The highest BCUT2D eigenvalue weighted by molar-refractivity contribution is 5.77. The maximum Gasteiger partial charge on any atom is 0.306 e. The fraction of sp³-hybridized carbons (Fsp3) is 0.818. The largest absolute Gasteiger partial charge is 0.481 e. The lowest BCUT2D eigenvalue weighted by Gasteiger charge is -2.28. The standard InChI is InChI=1S/C11H19NO4/c1-16-7-10(13)12-6-8-4-2-3-5-9(8)11(14)15/h8-9H,2-7H2,1H3,(H,12,13)(H,14,15). The second kappa shape index (κ2) is 6.48. The summed E-state index contributed by atoms with van der Waals surface area (Å²) in [7, 11) is 1.46. The highest BCUT2D eigenvalue weighted by Crippen LogP contribution is 2.29. The zero-order chi connectivity index (χ0) is 12.0. The maximum absolute atomic E-state index is 11.2. The summed E-state index contributed by atoms with van der Waals surface area (Å²) in [5.74, 6) is -1.17. The second-order valence-electron chi connectivity index (χ2n) is 4.23. The molecule has 1 amide bonds. The van der Waals surface area contributed by atoms with Crippen molar-refractivity contribution >= 4 is 11.9 Å². The highest BCUT2D eigenvalue weighted by atomic mass is 16.5. The van der Waals surface area contributed by atoms with Crippen LogP contribution in [0.15, 0.2) is 0 Å². The van der Waals surface area contributed by atoms with Crippen LogP contribution >= 0.6 is 0 Å². The van der Waals surface area contributed by atoms with Crippen LogP contribution in [-0.4, -0.2) is 37.2 Å². The summed E-state index contributed by atoms with van der Waals surface area (Å²) in [6, 6.07) is 0. The van der Waals surface area contributed by atoms with Crippen LogP contribution < -0.4 is 5.32 Å². The van der Waals surface area contributed by atoms with Crippen molar-refractivity contribution in [1.29, 1.82) is 0 Å². The average Bonchev–Trinajstić information content (AvgIpc) is 2.27. The number of carboxylic acids is 1. The molecule has 92 valence electrons. The summed E-state index contributed by atoms with van der Waals surface area (Å²) in [6.45, 7) is 0.476. The van der Waals surface area contributed by atoms with E-state index in [0.29, 0.717) is 6.54 Å². The van der Waals surface area contributed by atoms with E-state index < -0.39 is 5.97 Å². The molecule has 5 heteroatoms. The molecule has 16 heavy (non-hydrogen) atoms. The van der Waals surface area contributed by atoms with Gasteiger partial charge >= 0.3 is 5.97 Å². The summed E-state index contributed by atoms with van der Waals surface area (Å²) in [5, 5.41) is 11.8. The SMILES string of the molecule is COCC(=O)NCC1CCCCC1C(=O)O. The number of amides is 1. The first kappa shape index (κ1) is 13.0. The Kier molecular flexibility index (Phi) is 5.25. The van der Waals surface area contributed by atoms with E-state index in [1.54, 1.807) is 0 Å². The predicted octanol–water partition coefficient (Wildman–Crippen LogP) is 0.640. The Bertz CT molecular complexity index is 254. The number of methoxy groups -OCH3 is 1. The van der Waals surface area contributed by atoms with Crippen LogP contribution in [0.5, 0.6) is 0 Å². The molecule has 0 aromatic rings. The summed E-state index contributed by atoms with van der Waals surface area (Å²) < 4.78 is 4.69. The van der Waals surface area contributed by atoms with Crippen molar-refractivity contribution in [3.05, 3.63) is 0 Å². The predicted molar refractivity (Wildman–Crippen MR) is 58.0 cm³/mol. The first-order valence-electron chi connectivity index (χ1n) is 5.63. The molecule has 5 nitrogen and oxygen atoms in total. The van der Waals surface area contributed by atoms with Gasteiger partial charge in [0.25, 0.3) is 0 Å². The molecule has 1 aliphatic carbocycles. The highest BCUT2D eigenvalue weighted by Gasteiger charge is 2.30. The third-order valence-corrected chi connectivity index (χ3v) is 3.06. The second-order valence-corrected chi connectivity index (χ2v) is 4.23. The first-order chi connectivity index (χ1) is 7.65. The summed E-state index contributed by atoms with van der Waals surface area (Å²) in [6.07, 6.45) is 3.62. The number of hydrogen-bond acceptors (Lipinski definition) is 3. The summed E-state index contributed by atoms with van der Waals surface area (Å²) in [5.41, 5.74) is 0. The molecule has 0 saturated heterocycles. The Morgan fingerprint density at radius 3 is 2.69 bits per heavy atom. The number of carbonyl (C=O) groups excluding carboxylic acids is 1. The molecule has 0 radical (unpaired) electrons. The van der Waals surface area contributed by atoms with Crippen LogP contribution in [0.25, 0.3) is 0 Å². The van der Waals surface area contributed by atoms with Crippen molar-refractivity contribution < 1.29 is 19.4 Å². The molecular weight excluding hydrogens is 210 g/mol. The molecule has 2 unspecified atom stereocenters. The van der Waals surface area contributed by atoms with Crippen LogP contribution in [0.2, 0.25) is 0 Å². The molecule has 1 saturated carbocycles. The van der Waals surface area contributed by atoms with E-state index in [1.807, 2.05) is 0 Å². The van der Waals surface area contributed by atoms with Gasteiger partial charge in [0.15, 0.2) is 0 Å². The molecule has 1 fully saturated rings. The Morgan fingerprint density at radius 2 is 2.06 bits per heavy atom. The van der Waals surface area contributed by atoms with Gasteiger partial charge in [0, 0.05) is 13.7 Å². The van der Waals surface area contributed by atoms with Gasteiger partial charge in [-0.05, 0) is 18.8 Å². The van der Waals surface area contributed by atoms with E-state index in [2.05, 4.69) is 10.1 Å². The topological polar surface area (TPSA) is 75.6 Å². The average molecular weight is 229 g/mol. The minimum atomic E-state index is -0.745. The van der Waals surface area contributed by atoms with Crippen LogP contribution in [0.4, 0.5) is 0 Å². The Balaban J connectivity index is 2.38. The third-order valence-electron chi connectivity index (χ3n) is 3.06. The van der Waals surface area contributed by atoms with Gasteiger partial charge in [0.05, 0.1) is 5.92 Å². The lowest BCUT2D eigenvalue weighted by Crippen LogP contribution is -2.38. The molecular formula is C11H19NO4. The van der Waals surface area contributed by atoms with Gasteiger partial charge in [-0.1, -0.05) is 12.8 Å². The van der Waals surface area contributed by atoms with Crippen molar-refractivity contribution in [1.82, 2.24) is 5.32 Å². The smallest absolute Gasteiger partial charge is 0.306 e. The van der Waals surface area contributed by atoms with Gasteiger partial charge in [-0.2, -0.15) is 0 Å². The van der Waals surface area contributed by atoms with Gasteiger partial charge in [-0.15, -0.1) is 0 Å². The number of hydrogen-bond donors (Lipinski definition) is 2. The van der Waals surface area contributed by atoms with Crippen LogP contribution in [0, 0.1) is 11.8 Å². The minimum absolute atomic E-state index is 0.0322. The molecule has 2 atom stereocenters. The van der Waals surface area contributed by atoms with E-state index in [4.69, 9.17) is 5.11 Å². The Morgan fingerprint density at radius 1 is 1.38 bits per heavy atom. The van der Waals surface area contributed by atoms with Crippen LogP contribution in [-0.2, 0) is 14.3 Å². The molecule has 1 aliphatic rings. The Labute approximate surface area is 95.2 Å². The summed E-state index contributed by atoms with van der Waals surface area (Å²) in [4.78, 5) is 22.2. The third kappa shape index (κ3) is 3.81. The van der Waals surface area contributed by atoms with Crippen molar-refractivity contribution in [2.24, 2.45) is 11.8 Å². The lowest BCUT2D eigenvalue weighted by molar-refractivity contribution is -0.145. The van der Waals surface area contributed by atoms with E-state index in [1.165, 1.54) is 7.11 Å². The molecule has 0 spiro atoms. The molecule has 0 aliphatic heterocycles. The van der Waals surface area contributed by atoms with E-state index in [9.17, 15) is 9.59 Å². The normalized spacial score (nSPS) is 25.1. The monoisotopic (exact) mass is 229 g/mol. The molecule has 2 N–H and O–H groups in total. The fourth-order valence-corrected chi connectivity index (χ4v) is 2.20. The number of aliphatic carboxylic acids is 1. The number of rotatable bonds is 5. The number of nitrogens with one attached hydrogen (secondary N) is 1. The van der Waals surface area contributed by atoms with E-state index in [0.717, 1.165) is 25.7 Å². The van der Waals surface area contributed by atoms with Crippen molar-refractivity contribution in [2.75, 3.05) is 20.3 Å². The van der Waals surface area contributed by atoms with E-state index >= 15 is 0 Å². The van der Waals surface area contributed by atoms with E-state index in [-0.39, 0.29) is 24.3 Å². The minimum Gasteiger partial charge on any atom is -0.481 e. The number of ether oxygens (including phenoxy) is 1. The van der Waals surface area contributed by atoms with Crippen molar-refractivity contribution in [3.63, 3.8) is 0 Å². The van der Waals surface area contributed by atoms with Gasteiger partial charge in [0.1, 0.15) is 6.61 Å². The van der Waals surface area contributed by atoms with Crippen LogP contribution in [0.1, 0.15) is 25.7 Å². The molecule has 1 rings (SSSR count). The Hall–Kier alpha value is -1.10. The summed E-state index contributed by atoms with van der Waals surface area (Å²) >= 11 is 0. The molecule has 0 heterocycles. The molecule has 0 bridgehead atoms. The first-order valence-corrected chi connectivity index (χ1v) is 5.63. The van der Waals surface area contributed by atoms with Gasteiger partial charge < -0.3 is 15.2 Å². The van der Waals surface area contributed by atoms with Crippen molar-refractivity contribution in [3.8, 4) is 0 Å². The van der Waals surface area contributed by atoms with Crippen LogP contribution in [0.3, 0.4) is 0 Å². The maximum atomic E-state index is 11.2. The quantitative estimate of drug-likeness (QED) is 0.725. The molecule has 0 aromatic heterocycles. The number of carboxylic acid groups (broad SMARTS) is 1. The van der Waals surface area contributed by atoms with Gasteiger partial charge in [-0.25, -0.2) is 0 Å². The fourth-order valence-electron chi connectivity index (χ4n) is 2.20. The van der Waals surface area contributed by atoms with Gasteiger partial charge in [0.2, 0.25) is 5.91 Å². The lowest BCUT2D eigenvalue weighted by atomic mass is 9.79. The number of carbonyl (C=O) groups is 2. The molecule has 0 aromatic carbocycles. The van der Waals surface area contributed by atoms with Crippen molar-refractivity contribution in [2.45, 2.75) is 25.7 Å². The zero-order valence-electron chi connectivity index (χ0n) is 9.57.